The van der Waals surface area contributed by atoms with E-state index >= 15 is 0 Å². The molecule has 0 spiro atoms. The van der Waals surface area contributed by atoms with Crippen LogP contribution in [-0.4, -0.2) is 36.6 Å². The molecule has 4 aromatic rings. The summed E-state index contributed by atoms with van der Waals surface area (Å²) in [5.74, 6) is 2.31. The van der Waals surface area contributed by atoms with Crippen molar-refractivity contribution in [1.29, 1.82) is 0 Å². The highest BCUT2D eigenvalue weighted by Crippen LogP contribution is 2.43. The molecule has 0 atom stereocenters. The molecular formula is C22H20N6O4. The van der Waals surface area contributed by atoms with E-state index in [2.05, 4.69) is 25.7 Å². The van der Waals surface area contributed by atoms with Gasteiger partial charge in [0, 0.05) is 30.2 Å². The van der Waals surface area contributed by atoms with Crippen LogP contribution in [0.15, 0.2) is 53.5 Å². The first kappa shape index (κ1) is 19.7. The van der Waals surface area contributed by atoms with Crippen molar-refractivity contribution >= 4 is 11.7 Å². The van der Waals surface area contributed by atoms with E-state index in [0.29, 0.717) is 40.9 Å². The normalized spacial score (nSPS) is 14.0. The van der Waals surface area contributed by atoms with Crippen LogP contribution in [0.3, 0.4) is 0 Å². The Morgan fingerprint density at radius 3 is 2.72 bits per heavy atom. The first-order chi connectivity index (χ1) is 15.4. The number of anilines is 1. The molecular weight excluding hydrogens is 412 g/mol. The van der Waals surface area contributed by atoms with E-state index in [-0.39, 0.29) is 5.91 Å². The number of nitrogens with zero attached hydrogens (tertiary/aromatic N) is 5. The number of aromatic nitrogens is 5. The molecule has 10 heteroatoms. The monoisotopic (exact) mass is 432 g/mol. The van der Waals surface area contributed by atoms with Crippen LogP contribution in [-0.2, 0) is 13.5 Å². The first-order valence-electron chi connectivity index (χ1n) is 9.95. The van der Waals surface area contributed by atoms with Gasteiger partial charge in [0.1, 0.15) is 22.8 Å². The molecule has 0 saturated carbocycles. The van der Waals surface area contributed by atoms with Gasteiger partial charge >= 0.3 is 0 Å². The van der Waals surface area contributed by atoms with Crippen molar-refractivity contribution < 1.29 is 18.8 Å². The molecule has 1 amide bonds. The summed E-state index contributed by atoms with van der Waals surface area (Å²) in [5.41, 5.74) is 1.71. The average Bonchev–Trinajstić information content (AvgIpc) is 3.48. The van der Waals surface area contributed by atoms with Gasteiger partial charge in [-0.15, -0.1) is 5.10 Å². The molecule has 0 aliphatic carbocycles. The van der Waals surface area contributed by atoms with Crippen molar-refractivity contribution in [2.24, 2.45) is 7.05 Å². The Morgan fingerprint density at radius 2 is 2.03 bits per heavy atom. The van der Waals surface area contributed by atoms with Crippen molar-refractivity contribution in [2.45, 2.75) is 25.9 Å². The predicted molar refractivity (Wildman–Crippen MR) is 114 cm³/mol. The summed E-state index contributed by atoms with van der Waals surface area (Å²) in [6.07, 6.45) is 3.42. The van der Waals surface area contributed by atoms with Crippen LogP contribution in [0.2, 0.25) is 0 Å². The van der Waals surface area contributed by atoms with Gasteiger partial charge in [0.05, 0.1) is 6.20 Å². The number of rotatable bonds is 5. The van der Waals surface area contributed by atoms with Crippen molar-refractivity contribution in [3.63, 3.8) is 0 Å². The van der Waals surface area contributed by atoms with E-state index < -0.39 is 5.60 Å². The lowest BCUT2D eigenvalue weighted by Gasteiger charge is -2.16. The van der Waals surface area contributed by atoms with Crippen LogP contribution in [0, 0.1) is 0 Å². The van der Waals surface area contributed by atoms with E-state index in [1.807, 2.05) is 38.1 Å². The molecule has 2 aromatic heterocycles. The number of ether oxygens (including phenoxy) is 2. The Bertz CT molecular complexity index is 1280. The summed E-state index contributed by atoms with van der Waals surface area (Å²) in [6, 6.07) is 10.7. The van der Waals surface area contributed by atoms with E-state index in [1.54, 1.807) is 19.2 Å². The minimum absolute atomic E-state index is 0.334. The van der Waals surface area contributed by atoms with Gasteiger partial charge < -0.3 is 19.3 Å². The number of hydrogen-bond acceptors (Lipinski definition) is 8. The Morgan fingerprint density at radius 1 is 1.22 bits per heavy atom. The lowest BCUT2D eigenvalue weighted by Crippen LogP contribution is -2.24. The Labute approximate surface area is 183 Å². The molecule has 0 bridgehead atoms. The van der Waals surface area contributed by atoms with Crippen LogP contribution >= 0.6 is 0 Å². The third kappa shape index (κ3) is 3.89. The second-order valence-electron chi connectivity index (χ2n) is 8.04. The largest absolute Gasteiger partial charge is 0.487 e. The number of amides is 1. The standard InChI is InChI=1S/C22H20N6O4/c1-22(2)10-16-17(31-15-6-4-13(5-7-15)20-23-12-30-27-20)8-14(9-18(16)32-22)21(29)25-19-11-24-28(3)26-19/h4-9,11-12H,10H2,1-3H3,(H,25,26,29). The van der Waals surface area contributed by atoms with E-state index in [9.17, 15) is 4.79 Å². The summed E-state index contributed by atoms with van der Waals surface area (Å²) >= 11 is 0. The smallest absolute Gasteiger partial charge is 0.257 e. The van der Waals surface area contributed by atoms with Gasteiger partial charge in [-0.05, 0) is 50.2 Å². The molecule has 0 radical (unpaired) electrons. The third-order valence-electron chi connectivity index (χ3n) is 4.96. The lowest BCUT2D eigenvalue weighted by atomic mass is 9.99. The van der Waals surface area contributed by atoms with Gasteiger partial charge in [-0.3, -0.25) is 4.79 Å². The Hall–Kier alpha value is -4.21. The summed E-state index contributed by atoms with van der Waals surface area (Å²) in [6.45, 7) is 3.99. The van der Waals surface area contributed by atoms with Crippen LogP contribution in [0.25, 0.3) is 11.4 Å². The van der Waals surface area contributed by atoms with Gasteiger partial charge in [0.2, 0.25) is 12.2 Å². The SMILES string of the molecule is Cn1ncc(NC(=O)c2cc(Oc3ccc(-c4ncon4)cc3)c3c(c2)OC(C)(C)C3)n1. The van der Waals surface area contributed by atoms with Gasteiger partial charge in [-0.2, -0.15) is 14.9 Å². The van der Waals surface area contributed by atoms with Gasteiger partial charge in [-0.1, -0.05) is 5.16 Å². The lowest BCUT2D eigenvalue weighted by molar-refractivity contribution is 0.102. The van der Waals surface area contributed by atoms with Crippen LogP contribution in [0.1, 0.15) is 29.8 Å². The molecule has 3 heterocycles. The number of nitrogens with one attached hydrogen (secondary N) is 1. The summed E-state index contributed by atoms with van der Waals surface area (Å²) in [7, 11) is 1.68. The molecule has 1 aliphatic rings. The highest BCUT2D eigenvalue weighted by Gasteiger charge is 2.34. The topological polar surface area (TPSA) is 117 Å². The molecule has 162 valence electrons. The predicted octanol–water partition coefficient (Wildman–Crippen LogP) is 3.62. The fourth-order valence-electron chi connectivity index (χ4n) is 3.56. The zero-order valence-electron chi connectivity index (χ0n) is 17.7. The first-order valence-corrected chi connectivity index (χ1v) is 9.95. The molecule has 32 heavy (non-hydrogen) atoms. The summed E-state index contributed by atoms with van der Waals surface area (Å²) in [5, 5.41) is 14.6. The fraction of sp³-hybridized carbons (Fsp3) is 0.227. The minimum atomic E-state index is -0.400. The number of hydrogen-bond donors (Lipinski definition) is 1. The molecule has 5 rings (SSSR count). The van der Waals surface area contributed by atoms with Gasteiger partial charge in [-0.25, -0.2) is 0 Å². The second kappa shape index (κ2) is 7.49. The van der Waals surface area contributed by atoms with E-state index in [1.165, 1.54) is 17.4 Å². The van der Waals surface area contributed by atoms with Crippen molar-refractivity contribution in [3.05, 3.63) is 60.1 Å². The maximum absolute atomic E-state index is 12.8. The maximum Gasteiger partial charge on any atom is 0.257 e. The quantitative estimate of drug-likeness (QED) is 0.508. The summed E-state index contributed by atoms with van der Waals surface area (Å²) in [4.78, 5) is 18.3. The van der Waals surface area contributed by atoms with Crippen LogP contribution < -0.4 is 14.8 Å². The zero-order valence-corrected chi connectivity index (χ0v) is 17.7. The third-order valence-corrected chi connectivity index (χ3v) is 4.96. The number of carbonyl (C=O) groups is 1. The number of carbonyl (C=O) groups excluding carboxylic acids is 1. The molecule has 2 aromatic carbocycles. The molecule has 1 aliphatic heterocycles. The van der Waals surface area contributed by atoms with Gasteiger partial charge in [0.25, 0.3) is 5.91 Å². The maximum atomic E-state index is 12.8. The minimum Gasteiger partial charge on any atom is -0.487 e. The zero-order chi connectivity index (χ0) is 22.3. The molecule has 0 fully saturated rings. The van der Waals surface area contributed by atoms with Gasteiger partial charge in [0.15, 0.2) is 5.82 Å². The molecule has 0 unspecified atom stereocenters. The molecule has 0 saturated heterocycles. The summed E-state index contributed by atoms with van der Waals surface area (Å²) < 4.78 is 17.0. The average molecular weight is 432 g/mol. The Balaban J connectivity index is 1.45. The van der Waals surface area contributed by atoms with Crippen LogP contribution in [0.4, 0.5) is 5.82 Å². The molecule has 1 N–H and O–H groups in total. The van der Waals surface area contributed by atoms with E-state index in [0.717, 1.165) is 11.1 Å². The fourth-order valence-corrected chi connectivity index (χ4v) is 3.56. The molecule has 10 nitrogen and oxygen atoms in total. The van der Waals surface area contributed by atoms with Crippen molar-refractivity contribution in [2.75, 3.05) is 5.32 Å². The second-order valence-corrected chi connectivity index (χ2v) is 8.04. The number of benzene rings is 2. The highest BCUT2D eigenvalue weighted by molar-refractivity contribution is 6.04. The number of fused-ring (bicyclic) bond motifs is 1. The van der Waals surface area contributed by atoms with E-state index in [4.69, 9.17) is 14.0 Å². The van der Waals surface area contributed by atoms with Crippen molar-refractivity contribution in [3.8, 4) is 28.6 Å². The number of aryl methyl sites for hydroxylation is 1. The van der Waals surface area contributed by atoms with Crippen molar-refractivity contribution in [1.82, 2.24) is 25.1 Å². The van der Waals surface area contributed by atoms with Crippen LogP contribution in [0.5, 0.6) is 17.2 Å². The Kier molecular flexibility index (Phi) is 4.62. The highest BCUT2D eigenvalue weighted by atomic mass is 16.5.